The topological polar surface area (TPSA) is 55.1 Å². The highest BCUT2D eigenvalue weighted by Crippen LogP contribution is 2.30. The lowest BCUT2D eigenvalue weighted by atomic mass is 10.1. The second kappa shape index (κ2) is 5.91. The predicted molar refractivity (Wildman–Crippen MR) is 74.5 cm³/mol. The number of amides is 1. The number of aromatic nitrogens is 1. The highest BCUT2D eigenvalue weighted by atomic mass is 35.5. The van der Waals surface area contributed by atoms with Crippen molar-refractivity contribution in [2.24, 2.45) is 0 Å². The van der Waals surface area contributed by atoms with Gasteiger partial charge in [0.15, 0.2) is 11.5 Å². The molecule has 0 aliphatic heterocycles. The minimum atomic E-state index is -0.333. The van der Waals surface area contributed by atoms with E-state index in [2.05, 4.69) is 17.1 Å². The SMILES string of the molecule is C=CCNC(=O)c1cc(-c2ccc(Cl)cc2Cl)on1. The molecule has 19 heavy (non-hydrogen) atoms. The van der Waals surface area contributed by atoms with Gasteiger partial charge in [0.05, 0.1) is 5.02 Å². The fourth-order valence-corrected chi connectivity index (χ4v) is 1.96. The van der Waals surface area contributed by atoms with Crippen LogP contribution in [0.2, 0.25) is 10.0 Å². The number of rotatable bonds is 4. The summed E-state index contributed by atoms with van der Waals surface area (Å²) in [5.74, 6) is 0.0744. The van der Waals surface area contributed by atoms with Gasteiger partial charge in [0.1, 0.15) is 0 Å². The number of carbonyl (C=O) groups is 1. The van der Waals surface area contributed by atoms with Gasteiger partial charge in [-0.2, -0.15) is 0 Å². The smallest absolute Gasteiger partial charge is 0.273 e. The number of nitrogens with one attached hydrogen (secondary N) is 1. The van der Waals surface area contributed by atoms with E-state index in [1.807, 2.05) is 0 Å². The number of carbonyl (C=O) groups excluding carboxylic acids is 1. The molecular formula is C13H10Cl2N2O2. The quantitative estimate of drug-likeness (QED) is 0.878. The van der Waals surface area contributed by atoms with Gasteiger partial charge in [-0.05, 0) is 18.2 Å². The second-order valence-corrected chi connectivity index (χ2v) is 4.54. The number of halogens is 2. The molecule has 98 valence electrons. The van der Waals surface area contributed by atoms with Gasteiger partial charge < -0.3 is 9.84 Å². The number of hydrogen-bond acceptors (Lipinski definition) is 3. The molecule has 2 rings (SSSR count). The van der Waals surface area contributed by atoms with Crippen LogP contribution < -0.4 is 5.32 Å². The first-order valence-corrected chi connectivity index (χ1v) is 6.18. The third kappa shape index (κ3) is 3.16. The van der Waals surface area contributed by atoms with Gasteiger partial charge in [0.25, 0.3) is 5.91 Å². The monoisotopic (exact) mass is 296 g/mol. The number of benzene rings is 1. The van der Waals surface area contributed by atoms with Crippen LogP contribution in [0.3, 0.4) is 0 Å². The molecule has 0 fully saturated rings. The molecule has 1 heterocycles. The zero-order chi connectivity index (χ0) is 13.8. The standard InChI is InChI=1S/C13H10Cl2N2O2/c1-2-5-16-13(18)11-7-12(19-17-11)9-4-3-8(14)6-10(9)15/h2-4,6-7H,1,5H2,(H,16,18). The molecule has 0 atom stereocenters. The summed E-state index contributed by atoms with van der Waals surface area (Å²) in [5, 5.41) is 7.26. The Morgan fingerprint density at radius 2 is 2.21 bits per heavy atom. The van der Waals surface area contributed by atoms with Gasteiger partial charge in [0, 0.05) is 23.2 Å². The van der Waals surface area contributed by atoms with E-state index >= 15 is 0 Å². The molecule has 0 radical (unpaired) electrons. The van der Waals surface area contributed by atoms with Crippen molar-refractivity contribution in [3.8, 4) is 11.3 Å². The lowest BCUT2D eigenvalue weighted by Crippen LogP contribution is -2.23. The summed E-state index contributed by atoms with van der Waals surface area (Å²) >= 11 is 11.9. The van der Waals surface area contributed by atoms with E-state index in [4.69, 9.17) is 27.7 Å². The molecule has 0 saturated heterocycles. The Bertz CT molecular complexity index is 623. The van der Waals surface area contributed by atoms with Crippen molar-refractivity contribution >= 4 is 29.1 Å². The Balaban J connectivity index is 2.25. The van der Waals surface area contributed by atoms with Crippen molar-refractivity contribution in [3.05, 3.63) is 52.7 Å². The number of nitrogens with zero attached hydrogens (tertiary/aromatic N) is 1. The highest BCUT2D eigenvalue weighted by molar-refractivity contribution is 6.36. The van der Waals surface area contributed by atoms with Crippen LogP contribution in [0.1, 0.15) is 10.5 Å². The maximum atomic E-state index is 11.7. The summed E-state index contributed by atoms with van der Waals surface area (Å²) in [6, 6.07) is 6.51. The van der Waals surface area contributed by atoms with E-state index in [1.165, 1.54) is 6.07 Å². The predicted octanol–water partition coefficient (Wildman–Crippen LogP) is 3.56. The van der Waals surface area contributed by atoms with E-state index < -0.39 is 0 Å². The van der Waals surface area contributed by atoms with Crippen LogP contribution in [-0.2, 0) is 0 Å². The highest BCUT2D eigenvalue weighted by Gasteiger charge is 2.14. The van der Waals surface area contributed by atoms with Gasteiger partial charge >= 0.3 is 0 Å². The van der Waals surface area contributed by atoms with Crippen molar-refractivity contribution in [1.29, 1.82) is 0 Å². The maximum Gasteiger partial charge on any atom is 0.273 e. The van der Waals surface area contributed by atoms with Crippen LogP contribution in [0, 0.1) is 0 Å². The van der Waals surface area contributed by atoms with Crippen LogP contribution in [0.5, 0.6) is 0 Å². The van der Waals surface area contributed by atoms with Gasteiger partial charge in [-0.1, -0.05) is 34.4 Å². The van der Waals surface area contributed by atoms with Crippen LogP contribution in [0.15, 0.2) is 41.4 Å². The van der Waals surface area contributed by atoms with E-state index in [0.717, 1.165) is 0 Å². The van der Waals surface area contributed by atoms with Gasteiger partial charge in [0.2, 0.25) is 0 Å². The van der Waals surface area contributed by atoms with Crippen molar-refractivity contribution < 1.29 is 9.32 Å². The third-order valence-electron chi connectivity index (χ3n) is 2.35. The Kier molecular flexibility index (Phi) is 4.24. The van der Waals surface area contributed by atoms with Crippen molar-refractivity contribution in [3.63, 3.8) is 0 Å². The Morgan fingerprint density at radius 3 is 2.89 bits per heavy atom. The summed E-state index contributed by atoms with van der Waals surface area (Å²) in [6.45, 7) is 3.87. The van der Waals surface area contributed by atoms with Crippen LogP contribution in [0.25, 0.3) is 11.3 Å². The first kappa shape index (κ1) is 13.6. The molecule has 0 aliphatic rings. The first-order valence-electron chi connectivity index (χ1n) is 5.43. The van der Waals surface area contributed by atoms with Gasteiger partial charge in [-0.15, -0.1) is 6.58 Å². The number of hydrogen-bond donors (Lipinski definition) is 1. The molecule has 1 amide bonds. The Hall–Kier alpha value is -1.78. The molecular weight excluding hydrogens is 287 g/mol. The molecule has 2 aromatic rings. The molecule has 0 aliphatic carbocycles. The second-order valence-electron chi connectivity index (χ2n) is 3.70. The van der Waals surface area contributed by atoms with Gasteiger partial charge in [-0.3, -0.25) is 4.79 Å². The largest absolute Gasteiger partial charge is 0.355 e. The molecule has 1 aromatic carbocycles. The molecule has 0 saturated carbocycles. The van der Waals surface area contributed by atoms with Crippen molar-refractivity contribution in [1.82, 2.24) is 10.5 Å². The summed E-state index contributed by atoms with van der Waals surface area (Å²) in [4.78, 5) is 11.7. The van der Waals surface area contributed by atoms with Crippen molar-refractivity contribution in [2.45, 2.75) is 0 Å². The molecule has 6 heteroatoms. The van der Waals surface area contributed by atoms with Crippen LogP contribution >= 0.6 is 23.2 Å². The fraction of sp³-hybridized carbons (Fsp3) is 0.0769. The third-order valence-corrected chi connectivity index (χ3v) is 2.89. The Morgan fingerprint density at radius 1 is 1.42 bits per heavy atom. The summed E-state index contributed by atoms with van der Waals surface area (Å²) < 4.78 is 5.11. The molecule has 0 spiro atoms. The van der Waals surface area contributed by atoms with E-state index in [1.54, 1.807) is 24.3 Å². The zero-order valence-corrected chi connectivity index (χ0v) is 11.3. The summed E-state index contributed by atoms with van der Waals surface area (Å²) in [7, 11) is 0. The minimum Gasteiger partial charge on any atom is -0.355 e. The van der Waals surface area contributed by atoms with E-state index in [-0.39, 0.29) is 11.6 Å². The summed E-state index contributed by atoms with van der Waals surface area (Å²) in [6.07, 6.45) is 1.58. The zero-order valence-electron chi connectivity index (χ0n) is 9.82. The molecule has 0 unspecified atom stereocenters. The maximum absolute atomic E-state index is 11.7. The Labute approximate surface area is 120 Å². The van der Waals surface area contributed by atoms with E-state index in [0.29, 0.717) is 27.9 Å². The normalized spacial score (nSPS) is 10.2. The average Bonchev–Trinajstić information content (AvgIpc) is 2.85. The minimum absolute atomic E-state index is 0.183. The average molecular weight is 297 g/mol. The molecule has 0 bridgehead atoms. The lowest BCUT2D eigenvalue weighted by molar-refractivity contribution is 0.0949. The molecule has 1 N–H and O–H groups in total. The van der Waals surface area contributed by atoms with E-state index in [9.17, 15) is 4.79 Å². The van der Waals surface area contributed by atoms with Crippen LogP contribution in [-0.4, -0.2) is 17.6 Å². The first-order chi connectivity index (χ1) is 9.11. The fourth-order valence-electron chi connectivity index (χ4n) is 1.45. The molecule has 4 nitrogen and oxygen atoms in total. The molecule has 1 aromatic heterocycles. The lowest BCUT2D eigenvalue weighted by Gasteiger charge is -1.99. The van der Waals surface area contributed by atoms with Crippen molar-refractivity contribution in [2.75, 3.05) is 6.54 Å². The van der Waals surface area contributed by atoms with Crippen LogP contribution in [0.4, 0.5) is 0 Å². The summed E-state index contributed by atoms with van der Waals surface area (Å²) in [5.41, 5.74) is 0.809. The van der Waals surface area contributed by atoms with Gasteiger partial charge in [-0.25, -0.2) is 0 Å².